The summed E-state index contributed by atoms with van der Waals surface area (Å²) >= 11 is 0. The Morgan fingerprint density at radius 2 is 1.58 bits per heavy atom. The fourth-order valence-corrected chi connectivity index (χ4v) is 5.05. The van der Waals surface area contributed by atoms with E-state index in [1.165, 1.54) is 12.1 Å². The van der Waals surface area contributed by atoms with Crippen molar-refractivity contribution in [2.24, 2.45) is 5.92 Å². The molecule has 2 saturated heterocycles. The zero-order valence-electron chi connectivity index (χ0n) is 18.1. The van der Waals surface area contributed by atoms with E-state index < -0.39 is 5.60 Å². The molecule has 0 aromatic heterocycles. The fraction of sp³-hybridized carbons (Fsp3) is 0.259. The quantitative estimate of drug-likeness (QED) is 0.625. The topological polar surface area (TPSA) is 58.6 Å². The normalized spacial score (nSPS) is 21.2. The molecule has 0 aliphatic carbocycles. The van der Waals surface area contributed by atoms with Crippen molar-refractivity contribution in [1.82, 2.24) is 10.2 Å². The average Bonchev–Trinajstić information content (AvgIpc) is 3.17. The molecular formula is C27H25FN2O3. The molecule has 0 bridgehead atoms. The predicted octanol–water partition coefficient (Wildman–Crippen LogP) is 4.62. The van der Waals surface area contributed by atoms with Gasteiger partial charge in [-0.05, 0) is 30.5 Å². The van der Waals surface area contributed by atoms with Crippen LogP contribution in [0.2, 0.25) is 0 Å². The summed E-state index contributed by atoms with van der Waals surface area (Å²) in [4.78, 5) is 27.8. The number of nitrogens with zero attached hydrogens (tertiary/aromatic N) is 1. The highest BCUT2D eigenvalue weighted by atomic mass is 19.1. The van der Waals surface area contributed by atoms with Crippen LogP contribution in [-0.4, -0.2) is 29.5 Å². The van der Waals surface area contributed by atoms with E-state index in [9.17, 15) is 14.0 Å². The first-order valence-electron chi connectivity index (χ1n) is 11.2. The number of carbonyl (C=O) groups excluding carboxylic acids is 2. The van der Waals surface area contributed by atoms with Crippen molar-refractivity contribution in [2.45, 2.75) is 31.0 Å². The lowest BCUT2D eigenvalue weighted by Gasteiger charge is -2.40. The minimum absolute atomic E-state index is 0.0617. The molecule has 2 fully saturated rings. The van der Waals surface area contributed by atoms with Crippen LogP contribution in [0.5, 0.6) is 0 Å². The molecule has 33 heavy (non-hydrogen) atoms. The lowest BCUT2D eigenvalue weighted by atomic mass is 9.74. The fourth-order valence-electron chi connectivity index (χ4n) is 5.05. The molecule has 6 heteroatoms. The van der Waals surface area contributed by atoms with Crippen molar-refractivity contribution in [2.75, 3.05) is 6.54 Å². The van der Waals surface area contributed by atoms with Crippen molar-refractivity contribution in [1.29, 1.82) is 0 Å². The lowest BCUT2D eigenvalue weighted by molar-refractivity contribution is -0.127. The number of fused-ring (bicyclic) bond motifs is 1. The maximum atomic E-state index is 13.2. The van der Waals surface area contributed by atoms with Crippen LogP contribution in [0.3, 0.4) is 0 Å². The van der Waals surface area contributed by atoms with Crippen LogP contribution >= 0.6 is 0 Å². The SMILES string of the molecule is O=C(NCc1ccc(F)cc1)C1CCN2C(=O)OC(c3ccccc3)(c3ccccc3)C2C1. The lowest BCUT2D eigenvalue weighted by Crippen LogP contribution is -2.51. The summed E-state index contributed by atoms with van der Waals surface area (Å²) in [5.74, 6) is -0.622. The molecule has 0 saturated carbocycles. The predicted molar refractivity (Wildman–Crippen MR) is 122 cm³/mol. The van der Waals surface area contributed by atoms with Gasteiger partial charge in [0.1, 0.15) is 5.82 Å². The van der Waals surface area contributed by atoms with Crippen LogP contribution in [0, 0.1) is 11.7 Å². The van der Waals surface area contributed by atoms with Crippen LogP contribution in [0.1, 0.15) is 29.5 Å². The average molecular weight is 445 g/mol. The molecule has 168 valence electrons. The number of benzene rings is 3. The zero-order valence-corrected chi connectivity index (χ0v) is 18.1. The molecule has 5 rings (SSSR count). The number of halogens is 1. The first kappa shape index (κ1) is 21.2. The summed E-state index contributed by atoms with van der Waals surface area (Å²) in [6, 6.07) is 25.3. The molecule has 2 atom stereocenters. The van der Waals surface area contributed by atoms with E-state index >= 15 is 0 Å². The Labute approximate surface area is 192 Å². The van der Waals surface area contributed by atoms with Gasteiger partial charge in [0.05, 0.1) is 6.04 Å². The monoisotopic (exact) mass is 444 g/mol. The van der Waals surface area contributed by atoms with E-state index in [1.54, 1.807) is 17.0 Å². The largest absolute Gasteiger partial charge is 0.431 e. The number of hydrogen-bond acceptors (Lipinski definition) is 3. The zero-order chi connectivity index (χ0) is 22.8. The van der Waals surface area contributed by atoms with Gasteiger partial charge < -0.3 is 15.0 Å². The summed E-state index contributed by atoms with van der Waals surface area (Å²) in [6.45, 7) is 0.793. The summed E-state index contributed by atoms with van der Waals surface area (Å²) < 4.78 is 19.3. The minimum Gasteiger partial charge on any atom is -0.431 e. The molecule has 3 aromatic rings. The number of cyclic esters (lactones) is 1. The highest BCUT2D eigenvalue weighted by molar-refractivity contribution is 5.80. The van der Waals surface area contributed by atoms with Gasteiger partial charge in [0.25, 0.3) is 0 Å². The van der Waals surface area contributed by atoms with Crippen LogP contribution in [0.15, 0.2) is 84.9 Å². The summed E-state index contributed by atoms with van der Waals surface area (Å²) in [5, 5.41) is 2.98. The van der Waals surface area contributed by atoms with Crippen LogP contribution < -0.4 is 5.32 Å². The number of nitrogens with one attached hydrogen (secondary N) is 1. The number of ether oxygens (including phenoxy) is 1. The Hall–Kier alpha value is -3.67. The third-order valence-corrected chi connectivity index (χ3v) is 6.71. The molecule has 2 unspecified atom stereocenters. The van der Waals surface area contributed by atoms with E-state index in [4.69, 9.17) is 4.74 Å². The number of rotatable bonds is 5. The Morgan fingerprint density at radius 1 is 0.970 bits per heavy atom. The number of amides is 2. The van der Waals surface area contributed by atoms with Crippen molar-refractivity contribution in [3.63, 3.8) is 0 Å². The Kier molecular flexibility index (Phi) is 5.58. The third-order valence-electron chi connectivity index (χ3n) is 6.71. The Balaban J connectivity index is 1.42. The van der Waals surface area contributed by atoms with Crippen molar-refractivity contribution < 1.29 is 18.7 Å². The van der Waals surface area contributed by atoms with Crippen molar-refractivity contribution in [3.8, 4) is 0 Å². The number of carbonyl (C=O) groups is 2. The summed E-state index contributed by atoms with van der Waals surface area (Å²) in [6.07, 6.45) is 0.712. The first-order valence-corrected chi connectivity index (χ1v) is 11.2. The Morgan fingerprint density at radius 3 is 2.18 bits per heavy atom. The maximum Gasteiger partial charge on any atom is 0.411 e. The van der Waals surface area contributed by atoms with Gasteiger partial charge in [-0.15, -0.1) is 0 Å². The van der Waals surface area contributed by atoms with Crippen molar-refractivity contribution >= 4 is 12.0 Å². The molecule has 2 amide bonds. The van der Waals surface area contributed by atoms with Gasteiger partial charge >= 0.3 is 6.09 Å². The second kappa shape index (κ2) is 8.70. The van der Waals surface area contributed by atoms with E-state index in [0.29, 0.717) is 25.9 Å². The molecule has 5 nitrogen and oxygen atoms in total. The molecular weight excluding hydrogens is 419 g/mol. The smallest absolute Gasteiger partial charge is 0.411 e. The van der Waals surface area contributed by atoms with Gasteiger partial charge in [0.15, 0.2) is 5.60 Å². The van der Waals surface area contributed by atoms with Gasteiger partial charge in [0, 0.05) is 30.1 Å². The van der Waals surface area contributed by atoms with E-state index in [2.05, 4.69) is 5.32 Å². The van der Waals surface area contributed by atoms with Gasteiger partial charge in [-0.2, -0.15) is 0 Å². The highest BCUT2D eigenvalue weighted by Crippen LogP contribution is 2.48. The molecule has 2 aliphatic rings. The molecule has 3 aromatic carbocycles. The van der Waals surface area contributed by atoms with Gasteiger partial charge in [-0.25, -0.2) is 9.18 Å². The Bertz CT molecular complexity index is 1100. The van der Waals surface area contributed by atoms with Crippen molar-refractivity contribution in [3.05, 3.63) is 107 Å². The van der Waals surface area contributed by atoms with E-state index in [0.717, 1.165) is 16.7 Å². The molecule has 2 aliphatic heterocycles. The maximum absolute atomic E-state index is 13.2. The third kappa shape index (κ3) is 3.86. The second-order valence-corrected chi connectivity index (χ2v) is 8.61. The van der Waals surface area contributed by atoms with Gasteiger partial charge in [-0.1, -0.05) is 72.8 Å². The van der Waals surface area contributed by atoms with Gasteiger partial charge in [-0.3, -0.25) is 4.79 Å². The minimum atomic E-state index is -0.977. The molecule has 0 radical (unpaired) electrons. The molecule has 1 N–H and O–H groups in total. The number of piperidine rings is 1. The van der Waals surface area contributed by atoms with Gasteiger partial charge in [0.2, 0.25) is 5.91 Å². The molecule has 0 spiro atoms. The molecule has 2 heterocycles. The highest BCUT2D eigenvalue weighted by Gasteiger charge is 2.58. The number of hydrogen-bond donors (Lipinski definition) is 1. The summed E-state index contributed by atoms with van der Waals surface area (Å²) in [7, 11) is 0. The first-order chi connectivity index (χ1) is 16.1. The van der Waals surface area contributed by atoms with E-state index in [1.807, 2.05) is 60.7 Å². The standard InChI is InChI=1S/C27H25FN2O3/c28-23-13-11-19(12-14-23)18-29-25(31)20-15-16-30-24(17-20)27(33-26(30)32,21-7-3-1-4-8-21)22-9-5-2-6-10-22/h1-14,20,24H,15-18H2,(H,29,31). The van der Waals surface area contributed by atoms with Crippen LogP contribution in [0.25, 0.3) is 0 Å². The van der Waals surface area contributed by atoms with E-state index in [-0.39, 0.29) is 29.8 Å². The van der Waals surface area contributed by atoms with Crippen LogP contribution in [-0.2, 0) is 21.7 Å². The van der Waals surface area contributed by atoms with Crippen LogP contribution in [0.4, 0.5) is 9.18 Å². The second-order valence-electron chi connectivity index (χ2n) is 8.61. The summed E-state index contributed by atoms with van der Waals surface area (Å²) in [5.41, 5.74) is 1.65.